The predicted octanol–water partition coefficient (Wildman–Crippen LogP) is -0.0785. The molecule has 2 N–H and O–H groups in total. The lowest BCUT2D eigenvalue weighted by molar-refractivity contribution is 0.0988. The largest absolute Gasteiger partial charge is 0.616 e. The summed E-state index contributed by atoms with van der Waals surface area (Å²) in [7, 11) is 0. The molecular formula is C8H13N3O2S. The van der Waals surface area contributed by atoms with Crippen LogP contribution in [0.5, 0.6) is 0 Å². The molecule has 0 aliphatic heterocycles. The zero-order valence-corrected chi connectivity index (χ0v) is 8.95. The Balaban J connectivity index is 2.84. The van der Waals surface area contributed by atoms with Gasteiger partial charge in [0.1, 0.15) is 11.4 Å². The van der Waals surface area contributed by atoms with E-state index in [-0.39, 0.29) is 6.04 Å². The lowest BCUT2D eigenvalue weighted by Crippen LogP contribution is -2.24. The van der Waals surface area contributed by atoms with Crippen molar-refractivity contribution >= 4 is 17.1 Å². The summed E-state index contributed by atoms with van der Waals surface area (Å²) in [4.78, 5) is 11.0. The number of hydrogen-bond donors (Lipinski definition) is 1. The Bertz CT molecular complexity index is 324. The van der Waals surface area contributed by atoms with Crippen LogP contribution in [0.1, 0.15) is 23.5 Å². The molecule has 0 bridgehead atoms. The van der Waals surface area contributed by atoms with Gasteiger partial charge in [0.2, 0.25) is 0 Å². The van der Waals surface area contributed by atoms with Crippen molar-refractivity contribution in [3.63, 3.8) is 0 Å². The Labute approximate surface area is 85.5 Å². The van der Waals surface area contributed by atoms with Crippen LogP contribution in [0.3, 0.4) is 0 Å². The van der Waals surface area contributed by atoms with Gasteiger partial charge in [-0.2, -0.15) is 5.10 Å². The number of aromatic nitrogens is 2. The van der Waals surface area contributed by atoms with Gasteiger partial charge in [-0.1, -0.05) is 11.2 Å². The molecule has 2 unspecified atom stereocenters. The van der Waals surface area contributed by atoms with E-state index in [0.29, 0.717) is 11.4 Å². The highest BCUT2D eigenvalue weighted by Gasteiger charge is 2.16. The Morgan fingerprint density at radius 3 is 3.00 bits per heavy atom. The molecule has 14 heavy (non-hydrogen) atoms. The fraction of sp³-hybridized carbons (Fsp3) is 0.500. The van der Waals surface area contributed by atoms with Crippen LogP contribution in [-0.2, 0) is 11.2 Å². The molecule has 0 saturated carbocycles. The minimum atomic E-state index is -0.915. The topological polar surface area (TPSA) is 84.0 Å². The van der Waals surface area contributed by atoms with Gasteiger partial charge >= 0.3 is 0 Å². The summed E-state index contributed by atoms with van der Waals surface area (Å²) < 4.78 is 12.5. The van der Waals surface area contributed by atoms with Gasteiger partial charge < -0.3 is 10.3 Å². The van der Waals surface area contributed by atoms with Crippen LogP contribution in [0.4, 0.5) is 0 Å². The fourth-order valence-corrected chi connectivity index (χ4v) is 2.09. The summed E-state index contributed by atoms with van der Waals surface area (Å²) in [5, 5.41) is 3.97. The van der Waals surface area contributed by atoms with Crippen LogP contribution in [0.25, 0.3) is 0 Å². The normalized spacial score (nSPS) is 15.1. The fourth-order valence-electron chi connectivity index (χ4n) is 1.27. The van der Waals surface area contributed by atoms with Gasteiger partial charge in [0.05, 0.1) is 12.3 Å². The van der Waals surface area contributed by atoms with Crippen molar-refractivity contribution in [1.82, 2.24) is 9.78 Å². The number of nitrogens with two attached hydrogens (primary N) is 1. The van der Waals surface area contributed by atoms with Gasteiger partial charge in [0.15, 0.2) is 0 Å². The second-order valence-corrected chi connectivity index (χ2v) is 4.59. The maximum atomic E-state index is 11.0. The summed E-state index contributed by atoms with van der Waals surface area (Å²) >= 11 is -0.915. The van der Waals surface area contributed by atoms with Crippen LogP contribution < -0.4 is 5.73 Å². The molecule has 0 fully saturated rings. The van der Waals surface area contributed by atoms with Crippen LogP contribution in [-0.4, -0.2) is 32.2 Å². The van der Waals surface area contributed by atoms with E-state index in [1.165, 1.54) is 10.9 Å². The molecule has 0 spiro atoms. The Morgan fingerprint density at radius 1 is 1.86 bits per heavy atom. The standard InChI is InChI=1S/C8H13N3O2S/c1-6(5-14(2)13)11-7(8(9)12)3-4-10-11/h3-4,6H,5H2,1-2H3,(H2,9,12). The molecule has 1 aromatic rings. The molecule has 1 aromatic heterocycles. The van der Waals surface area contributed by atoms with Gasteiger partial charge in [-0.15, -0.1) is 0 Å². The number of carbonyl (C=O) groups is 1. The van der Waals surface area contributed by atoms with Crippen molar-refractivity contribution in [2.24, 2.45) is 5.73 Å². The van der Waals surface area contributed by atoms with Crippen molar-refractivity contribution in [2.75, 3.05) is 12.0 Å². The Morgan fingerprint density at radius 2 is 2.50 bits per heavy atom. The van der Waals surface area contributed by atoms with Crippen LogP contribution in [0, 0.1) is 0 Å². The minimum absolute atomic E-state index is 0.0849. The second kappa shape index (κ2) is 4.47. The summed E-state index contributed by atoms with van der Waals surface area (Å²) in [6.07, 6.45) is 3.12. The first kappa shape index (κ1) is 11.1. The van der Waals surface area contributed by atoms with E-state index in [2.05, 4.69) is 5.10 Å². The molecule has 1 amide bonds. The summed E-state index contributed by atoms with van der Waals surface area (Å²) in [5.74, 6) is -0.0571. The molecule has 0 aromatic carbocycles. The maximum absolute atomic E-state index is 11.0. The highest BCUT2D eigenvalue weighted by Crippen LogP contribution is 2.10. The molecule has 1 heterocycles. The Kier molecular flexibility index (Phi) is 3.54. The average Bonchev–Trinajstić information content (AvgIpc) is 2.49. The minimum Gasteiger partial charge on any atom is -0.616 e. The van der Waals surface area contributed by atoms with Crippen LogP contribution in [0.15, 0.2) is 12.3 Å². The zero-order chi connectivity index (χ0) is 10.7. The van der Waals surface area contributed by atoms with Gasteiger partial charge in [0.25, 0.3) is 5.91 Å². The quantitative estimate of drug-likeness (QED) is 0.713. The van der Waals surface area contributed by atoms with Gasteiger partial charge in [0, 0.05) is 6.20 Å². The lowest BCUT2D eigenvalue weighted by atomic mass is 10.3. The third-order valence-electron chi connectivity index (χ3n) is 1.82. The smallest absolute Gasteiger partial charge is 0.266 e. The molecule has 6 heteroatoms. The summed E-state index contributed by atoms with van der Waals surface area (Å²) in [5.41, 5.74) is 5.50. The SMILES string of the molecule is CC(C[S+](C)[O-])n1nccc1C(N)=O. The molecule has 2 atom stereocenters. The first-order chi connectivity index (χ1) is 6.52. The molecule has 0 aliphatic carbocycles. The van der Waals surface area contributed by atoms with Gasteiger partial charge in [-0.25, -0.2) is 0 Å². The van der Waals surface area contributed by atoms with E-state index < -0.39 is 17.1 Å². The number of primary amides is 1. The average molecular weight is 215 g/mol. The molecule has 0 radical (unpaired) electrons. The first-order valence-electron chi connectivity index (χ1n) is 4.15. The second-order valence-electron chi connectivity index (χ2n) is 3.11. The number of nitrogens with zero attached hydrogens (tertiary/aromatic N) is 2. The summed E-state index contributed by atoms with van der Waals surface area (Å²) in [6, 6.07) is 1.47. The van der Waals surface area contributed by atoms with Crippen LogP contribution >= 0.6 is 0 Å². The van der Waals surface area contributed by atoms with Crippen molar-refractivity contribution in [3.8, 4) is 0 Å². The number of rotatable bonds is 4. The van der Waals surface area contributed by atoms with E-state index in [4.69, 9.17) is 5.73 Å². The van der Waals surface area contributed by atoms with Crippen molar-refractivity contribution in [3.05, 3.63) is 18.0 Å². The van der Waals surface area contributed by atoms with E-state index in [0.717, 1.165) is 0 Å². The Hall–Kier alpha value is -1.01. The van der Waals surface area contributed by atoms with Crippen molar-refractivity contribution in [2.45, 2.75) is 13.0 Å². The molecular weight excluding hydrogens is 202 g/mol. The number of hydrogen-bond acceptors (Lipinski definition) is 3. The zero-order valence-electron chi connectivity index (χ0n) is 8.14. The molecule has 0 saturated heterocycles. The number of carbonyl (C=O) groups excluding carboxylic acids is 1. The van der Waals surface area contributed by atoms with E-state index in [1.54, 1.807) is 12.3 Å². The number of amides is 1. The van der Waals surface area contributed by atoms with E-state index in [9.17, 15) is 9.35 Å². The molecule has 0 aliphatic rings. The van der Waals surface area contributed by atoms with Crippen molar-refractivity contribution in [1.29, 1.82) is 0 Å². The third-order valence-corrected chi connectivity index (χ3v) is 2.77. The molecule has 1 rings (SSSR count). The third kappa shape index (κ3) is 2.49. The maximum Gasteiger partial charge on any atom is 0.266 e. The molecule has 78 valence electrons. The lowest BCUT2D eigenvalue weighted by Gasteiger charge is -2.14. The highest BCUT2D eigenvalue weighted by molar-refractivity contribution is 7.90. The monoisotopic (exact) mass is 215 g/mol. The highest BCUT2D eigenvalue weighted by atomic mass is 32.2. The van der Waals surface area contributed by atoms with Gasteiger partial charge in [-0.3, -0.25) is 9.48 Å². The van der Waals surface area contributed by atoms with Crippen molar-refractivity contribution < 1.29 is 9.35 Å². The van der Waals surface area contributed by atoms with E-state index >= 15 is 0 Å². The predicted molar refractivity (Wildman–Crippen MR) is 54.4 cm³/mol. The van der Waals surface area contributed by atoms with E-state index in [1.807, 2.05) is 6.92 Å². The molecule has 5 nitrogen and oxygen atoms in total. The van der Waals surface area contributed by atoms with Crippen LogP contribution in [0.2, 0.25) is 0 Å². The summed E-state index contributed by atoms with van der Waals surface area (Å²) in [6.45, 7) is 1.85. The van der Waals surface area contributed by atoms with Gasteiger partial charge in [-0.05, 0) is 13.0 Å². The first-order valence-corrected chi connectivity index (χ1v) is 5.88.